The summed E-state index contributed by atoms with van der Waals surface area (Å²) in [5, 5.41) is 10.8. The second kappa shape index (κ2) is 12.3. The molecule has 0 spiro atoms. The molecule has 3 aliphatic rings. The van der Waals surface area contributed by atoms with Gasteiger partial charge < -0.3 is 9.84 Å². The number of allylic oxidation sites excluding steroid dienone is 4. The number of fused-ring (bicyclic) bond motifs is 1. The molecule has 0 radical (unpaired) electrons. The second-order valence-electron chi connectivity index (χ2n) is 11.3. The van der Waals surface area contributed by atoms with Gasteiger partial charge in [0.1, 0.15) is 17.0 Å². The van der Waals surface area contributed by atoms with Crippen molar-refractivity contribution in [2.24, 2.45) is 23.2 Å². The molecule has 4 heteroatoms. The zero-order valence-corrected chi connectivity index (χ0v) is 23.9. The third-order valence-corrected chi connectivity index (χ3v) is 9.67. The Hall–Kier alpha value is -1.31. The number of ether oxygens (including phenoxy) is 1. The van der Waals surface area contributed by atoms with Gasteiger partial charge in [-0.15, -0.1) is 0 Å². The first kappa shape index (κ1) is 28.3. The minimum atomic E-state index is -0.829. The van der Waals surface area contributed by atoms with Crippen LogP contribution < -0.4 is 0 Å². The van der Waals surface area contributed by atoms with Gasteiger partial charge in [0.25, 0.3) is 0 Å². The first-order chi connectivity index (χ1) is 16.7. The van der Waals surface area contributed by atoms with Crippen LogP contribution in [0.2, 0.25) is 0 Å². The Balaban J connectivity index is 1.71. The normalized spacial score (nSPS) is 32.2. The van der Waals surface area contributed by atoms with Gasteiger partial charge in [0.05, 0.1) is 0 Å². The van der Waals surface area contributed by atoms with Gasteiger partial charge in [0.15, 0.2) is 0 Å². The minimum absolute atomic E-state index is 0.0392. The van der Waals surface area contributed by atoms with Crippen molar-refractivity contribution in [3.8, 4) is 11.8 Å². The van der Waals surface area contributed by atoms with E-state index < -0.39 is 5.60 Å². The number of esters is 1. The Bertz CT molecular complexity index is 900. The maximum atomic E-state index is 11.7. The number of hydrogen-bond donors (Lipinski definition) is 1. The van der Waals surface area contributed by atoms with Crippen LogP contribution in [0.15, 0.2) is 35.5 Å². The van der Waals surface area contributed by atoms with Gasteiger partial charge in [-0.25, -0.2) is 0 Å². The quantitative estimate of drug-likeness (QED) is 0.203. The smallest absolute Gasteiger partial charge is 0.316 e. The van der Waals surface area contributed by atoms with E-state index in [-0.39, 0.29) is 17.4 Å². The van der Waals surface area contributed by atoms with Crippen molar-refractivity contribution in [3.05, 3.63) is 35.5 Å². The average molecular weight is 546 g/mol. The van der Waals surface area contributed by atoms with Gasteiger partial charge in [-0.2, -0.15) is 0 Å². The first-order valence-electron chi connectivity index (χ1n) is 13.7. The summed E-state index contributed by atoms with van der Waals surface area (Å²) in [4.78, 5) is 11.7. The monoisotopic (exact) mass is 544 g/mol. The van der Waals surface area contributed by atoms with E-state index in [1.165, 1.54) is 43.3 Å². The van der Waals surface area contributed by atoms with E-state index >= 15 is 0 Å². The molecular formula is C31H45BrO3. The average Bonchev–Trinajstić information content (AvgIpc) is 3.21. The van der Waals surface area contributed by atoms with Crippen molar-refractivity contribution in [2.45, 2.75) is 110 Å². The van der Waals surface area contributed by atoms with Crippen molar-refractivity contribution in [1.29, 1.82) is 0 Å². The van der Waals surface area contributed by atoms with Crippen LogP contribution in [0.5, 0.6) is 0 Å². The second-order valence-corrected chi connectivity index (χ2v) is 11.9. The van der Waals surface area contributed by atoms with E-state index in [1.54, 1.807) is 5.57 Å². The van der Waals surface area contributed by atoms with Gasteiger partial charge in [-0.1, -0.05) is 85.3 Å². The molecule has 1 N–H and O–H groups in total. The molecule has 1 unspecified atom stereocenters. The molecule has 35 heavy (non-hydrogen) atoms. The third kappa shape index (κ3) is 6.72. The number of carbonyl (C=O) groups is 1. The van der Waals surface area contributed by atoms with Crippen LogP contribution in [0.25, 0.3) is 0 Å². The SMILES string of the molecule is C=C1CC[C@H](OC(=O)CBr)CC1=CC=C1CCC[C@@]2(C)C1CC[C@@H]2[C@H](C)CC#CC(O)(CC)CC. The van der Waals surface area contributed by atoms with Crippen LogP contribution in [0.3, 0.4) is 0 Å². The highest BCUT2D eigenvalue weighted by Gasteiger charge is 2.50. The van der Waals surface area contributed by atoms with Gasteiger partial charge in [0.2, 0.25) is 0 Å². The zero-order chi connectivity index (χ0) is 25.6. The van der Waals surface area contributed by atoms with E-state index in [0.29, 0.717) is 36.0 Å². The number of carbonyl (C=O) groups excluding carboxylic acids is 1. The molecule has 3 saturated carbocycles. The lowest BCUT2D eigenvalue weighted by atomic mass is 9.61. The third-order valence-electron chi connectivity index (χ3n) is 9.22. The number of aliphatic hydroxyl groups is 1. The van der Waals surface area contributed by atoms with Crippen molar-refractivity contribution in [3.63, 3.8) is 0 Å². The molecule has 5 atom stereocenters. The summed E-state index contributed by atoms with van der Waals surface area (Å²) in [6, 6.07) is 0. The lowest BCUT2D eigenvalue weighted by Crippen LogP contribution is -2.36. The lowest BCUT2D eigenvalue weighted by molar-refractivity contribution is -0.146. The molecule has 0 amide bonds. The van der Waals surface area contributed by atoms with E-state index in [4.69, 9.17) is 4.74 Å². The molecule has 3 aliphatic carbocycles. The summed E-state index contributed by atoms with van der Waals surface area (Å²) in [6.07, 6.45) is 15.6. The summed E-state index contributed by atoms with van der Waals surface area (Å²) in [7, 11) is 0. The highest BCUT2D eigenvalue weighted by atomic mass is 79.9. The fourth-order valence-corrected chi connectivity index (χ4v) is 6.99. The molecular weight excluding hydrogens is 500 g/mol. The Morgan fingerprint density at radius 2 is 2.03 bits per heavy atom. The molecule has 194 valence electrons. The molecule has 0 aromatic carbocycles. The molecule has 3 rings (SSSR count). The topological polar surface area (TPSA) is 46.5 Å². The molecule has 0 aliphatic heterocycles. The molecule has 3 nitrogen and oxygen atoms in total. The largest absolute Gasteiger partial charge is 0.461 e. The van der Waals surface area contributed by atoms with E-state index in [9.17, 15) is 9.90 Å². The molecule has 3 fully saturated rings. The number of halogens is 1. The van der Waals surface area contributed by atoms with Gasteiger partial charge in [-0.3, -0.25) is 4.79 Å². The summed E-state index contributed by atoms with van der Waals surface area (Å²) in [5.41, 5.74) is 3.51. The van der Waals surface area contributed by atoms with Crippen LogP contribution >= 0.6 is 15.9 Å². The van der Waals surface area contributed by atoms with Crippen molar-refractivity contribution in [1.82, 2.24) is 0 Å². The van der Waals surface area contributed by atoms with Crippen molar-refractivity contribution >= 4 is 21.9 Å². The molecule has 0 aromatic rings. The molecule has 0 heterocycles. The predicted molar refractivity (Wildman–Crippen MR) is 148 cm³/mol. The maximum absolute atomic E-state index is 11.7. The van der Waals surface area contributed by atoms with Crippen LogP contribution in [0, 0.1) is 35.0 Å². The van der Waals surface area contributed by atoms with E-state index in [0.717, 1.165) is 25.7 Å². The van der Waals surface area contributed by atoms with Gasteiger partial charge >= 0.3 is 5.97 Å². The number of rotatable bonds is 7. The Morgan fingerprint density at radius 3 is 2.71 bits per heavy atom. The zero-order valence-electron chi connectivity index (χ0n) is 22.3. The highest BCUT2D eigenvalue weighted by molar-refractivity contribution is 9.09. The van der Waals surface area contributed by atoms with Gasteiger partial charge in [-0.05, 0) is 86.5 Å². The molecule has 0 saturated heterocycles. The first-order valence-corrected chi connectivity index (χ1v) is 14.8. The minimum Gasteiger partial charge on any atom is -0.461 e. The van der Waals surface area contributed by atoms with Gasteiger partial charge in [0, 0.05) is 12.8 Å². The van der Waals surface area contributed by atoms with E-state index in [1.807, 2.05) is 13.8 Å². The highest BCUT2D eigenvalue weighted by Crippen LogP contribution is 2.59. The fourth-order valence-electron chi connectivity index (χ4n) is 6.86. The van der Waals surface area contributed by atoms with Crippen LogP contribution in [-0.2, 0) is 9.53 Å². The standard InChI is InChI=1S/C31H45BrO3/c1-6-31(34,7-2)19-8-10-23(4)27-16-17-28-24(11-9-18-30(27,28)5)13-14-25-20-26(15-12-22(25)3)35-29(33)21-32/h13-14,23,26-28,34H,3,6-7,9-12,15-18,20-21H2,1-2,4-5H3/t23-,26+,27-,28?,30-/m1/s1. The summed E-state index contributed by atoms with van der Waals surface area (Å²) < 4.78 is 5.59. The lowest BCUT2D eigenvalue weighted by Gasteiger charge is -2.44. The summed E-state index contributed by atoms with van der Waals surface area (Å²) in [5.74, 6) is 8.18. The van der Waals surface area contributed by atoms with Crippen LogP contribution in [-0.4, -0.2) is 28.1 Å². The molecule has 0 bridgehead atoms. The maximum Gasteiger partial charge on any atom is 0.316 e. The number of alkyl halides is 1. The predicted octanol–water partition coefficient (Wildman–Crippen LogP) is 7.68. The number of hydrogen-bond acceptors (Lipinski definition) is 3. The van der Waals surface area contributed by atoms with E-state index in [2.05, 4.69) is 60.3 Å². The summed E-state index contributed by atoms with van der Waals surface area (Å²) in [6.45, 7) is 13.2. The Morgan fingerprint density at radius 1 is 1.29 bits per heavy atom. The fraction of sp³-hybridized carbons (Fsp3) is 0.710. The van der Waals surface area contributed by atoms with Crippen molar-refractivity contribution in [2.75, 3.05) is 5.33 Å². The van der Waals surface area contributed by atoms with Crippen molar-refractivity contribution < 1.29 is 14.6 Å². The summed E-state index contributed by atoms with van der Waals surface area (Å²) >= 11 is 3.19. The molecule has 0 aromatic heterocycles. The Kier molecular flexibility index (Phi) is 9.92. The Labute approximate surface area is 222 Å². The van der Waals surface area contributed by atoms with Crippen LogP contribution in [0.1, 0.15) is 98.3 Å². The van der Waals surface area contributed by atoms with Crippen LogP contribution in [0.4, 0.5) is 0 Å².